The molecule has 0 aliphatic heterocycles. The van der Waals surface area contributed by atoms with E-state index in [9.17, 15) is 4.79 Å². The minimum absolute atomic E-state index is 0.274. The Morgan fingerprint density at radius 2 is 1.84 bits per heavy atom. The minimum Gasteiger partial charge on any atom is -0.493 e. The van der Waals surface area contributed by atoms with Gasteiger partial charge < -0.3 is 14.4 Å². The number of amides is 1. The van der Waals surface area contributed by atoms with Gasteiger partial charge in [-0.15, -0.1) is 0 Å². The second kappa shape index (κ2) is 10.8. The van der Waals surface area contributed by atoms with Crippen molar-refractivity contribution in [1.29, 1.82) is 0 Å². The van der Waals surface area contributed by atoms with Crippen molar-refractivity contribution < 1.29 is 14.3 Å². The van der Waals surface area contributed by atoms with E-state index in [1.165, 1.54) is 3.57 Å². The maximum absolute atomic E-state index is 12.3. The number of rotatable bonds is 8. The second-order valence-electron chi connectivity index (χ2n) is 6.97. The summed E-state index contributed by atoms with van der Waals surface area (Å²) in [6.07, 6.45) is 1.57. The van der Waals surface area contributed by atoms with Gasteiger partial charge in [-0.25, -0.2) is 5.43 Å². The van der Waals surface area contributed by atoms with Crippen LogP contribution in [0, 0.1) is 3.57 Å². The van der Waals surface area contributed by atoms with Gasteiger partial charge in [0.2, 0.25) is 0 Å². The molecule has 0 saturated carbocycles. The maximum atomic E-state index is 12.3. The molecule has 0 fully saturated rings. The highest BCUT2D eigenvalue weighted by Gasteiger charge is 2.08. The topological polar surface area (TPSA) is 63.2 Å². The molecule has 6 nitrogen and oxygen atoms in total. The molecule has 0 heterocycles. The number of hydrogen-bond acceptors (Lipinski definition) is 5. The number of carbonyl (C=O) groups is 1. The van der Waals surface area contributed by atoms with Crippen LogP contribution in [0.1, 0.15) is 21.5 Å². The van der Waals surface area contributed by atoms with E-state index in [1.54, 1.807) is 19.4 Å². The summed E-state index contributed by atoms with van der Waals surface area (Å²) in [6.45, 7) is 0.447. The number of nitrogens with zero attached hydrogens (tertiary/aromatic N) is 2. The van der Waals surface area contributed by atoms with E-state index in [1.807, 2.05) is 79.7 Å². The molecule has 160 valence electrons. The largest absolute Gasteiger partial charge is 0.493 e. The molecule has 0 radical (unpaired) electrons. The van der Waals surface area contributed by atoms with Crippen molar-refractivity contribution in [1.82, 2.24) is 5.43 Å². The number of hydrogen-bond donors (Lipinski definition) is 1. The van der Waals surface area contributed by atoms with Crippen molar-refractivity contribution in [3.05, 3.63) is 87.0 Å². The molecule has 0 aromatic heterocycles. The smallest absolute Gasteiger partial charge is 0.271 e. The highest BCUT2D eigenvalue weighted by molar-refractivity contribution is 14.1. The fourth-order valence-electron chi connectivity index (χ4n) is 2.78. The predicted molar refractivity (Wildman–Crippen MR) is 132 cm³/mol. The third-order valence-corrected chi connectivity index (χ3v) is 5.22. The van der Waals surface area contributed by atoms with Gasteiger partial charge in [-0.05, 0) is 82.2 Å². The normalized spacial score (nSPS) is 10.7. The van der Waals surface area contributed by atoms with Crippen molar-refractivity contribution in [2.45, 2.75) is 6.61 Å². The molecule has 0 spiro atoms. The lowest BCUT2D eigenvalue weighted by Crippen LogP contribution is -2.18. The Kier molecular flexibility index (Phi) is 7.88. The quantitative estimate of drug-likeness (QED) is 0.261. The first-order chi connectivity index (χ1) is 15.0. The third-order valence-electron chi connectivity index (χ3n) is 4.50. The average molecular weight is 529 g/mol. The Hall–Kier alpha value is -3.07. The molecule has 0 unspecified atom stereocenters. The monoisotopic (exact) mass is 529 g/mol. The molecule has 0 aliphatic rings. The van der Waals surface area contributed by atoms with E-state index in [2.05, 4.69) is 33.1 Å². The Balaban J connectivity index is 1.62. The van der Waals surface area contributed by atoms with Crippen molar-refractivity contribution in [2.24, 2.45) is 5.10 Å². The van der Waals surface area contributed by atoms with Crippen LogP contribution in [0.25, 0.3) is 0 Å². The van der Waals surface area contributed by atoms with Gasteiger partial charge in [-0.1, -0.05) is 18.2 Å². The Morgan fingerprint density at radius 1 is 1.06 bits per heavy atom. The van der Waals surface area contributed by atoms with Gasteiger partial charge in [0.25, 0.3) is 5.91 Å². The van der Waals surface area contributed by atoms with Crippen molar-refractivity contribution in [3.63, 3.8) is 0 Å². The summed E-state index contributed by atoms with van der Waals surface area (Å²) >= 11 is 2.27. The van der Waals surface area contributed by atoms with Gasteiger partial charge in [-0.2, -0.15) is 5.10 Å². The van der Waals surface area contributed by atoms with E-state index in [0.717, 1.165) is 16.8 Å². The number of ether oxygens (including phenoxy) is 2. The van der Waals surface area contributed by atoms with E-state index < -0.39 is 0 Å². The maximum Gasteiger partial charge on any atom is 0.271 e. The van der Waals surface area contributed by atoms with E-state index in [-0.39, 0.29) is 5.91 Å². The van der Waals surface area contributed by atoms with Crippen LogP contribution in [0.4, 0.5) is 5.69 Å². The average Bonchev–Trinajstić information content (AvgIpc) is 2.79. The van der Waals surface area contributed by atoms with Gasteiger partial charge in [-0.3, -0.25) is 4.79 Å². The summed E-state index contributed by atoms with van der Waals surface area (Å²) < 4.78 is 12.5. The Morgan fingerprint density at radius 3 is 2.55 bits per heavy atom. The lowest BCUT2D eigenvalue weighted by atomic mass is 10.2. The summed E-state index contributed by atoms with van der Waals surface area (Å²) in [5.74, 6) is 0.964. The van der Waals surface area contributed by atoms with Crippen LogP contribution in [-0.4, -0.2) is 33.3 Å². The van der Waals surface area contributed by atoms with E-state index in [0.29, 0.717) is 23.7 Å². The molecular formula is C24H24IN3O3. The lowest BCUT2D eigenvalue weighted by Gasteiger charge is -2.13. The molecule has 1 N–H and O–H groups in total. The summed E-state index contributed by atoms with van der Waals surface area (Å²) in [7, 11) is 5.44. The van der Waals surface area contributed by atoms with E-state index >= 15 is 0 Å². The van der Waals surface area contributed by atoms with Crippen LogP contribution in [-0.2, 0) is 6.61 Å². The molecule has 0 aliphatic carbocycles. The minimum atomic E-state index is -0.274. The second-order valence-corrected chi connectivity index (χ2v) is 8.21. The molecule has 3 aromatic carbocycles. The first-order valence-electron chi connectivity index (χ1n) is 9.62. The summed E-state index contributed by atoms with van der Waals surface area (Å²) in [6, 6.07) is 21.0. The molecule has 0 bridgehead atoms. The van der Waals surface area contributed by atoms with Crippen LogP contribution in [0.2, 0.25) is 0 Å². The van der Waals surface area contributed by atoms with Gasteiger partial charge in [0.1, 0.15) is 6.61 Å². The van der Waals surface area contributed by atoms with Gasteiger partial charge >= 0.3 is 0 Å². The van der Waals surface area contributed by atoms with Gasteiger partial charge in [0.15, 0.2) is 11.5 Å². The zero-order valence-electron chi connectivity index (χ0n) is 17.6. The Bertz CT molecular complexity index is 1070. The number of carbonyl (C=O) groups excluding carboxylic acids is 1. The number of hydrazone groups is 1. The first-order valence-corrected chi connectivity index (χ1v) is 10.7. The molecular weight excluding hydrogens is 505 g/mol. The number of methoxy groups -OCH3 is 1. The number of benzene rings is 3. The number of nitrogens with one attached hydrogen (secondary N) is 1. The zero-order chi connectivity index (χ0) is 22.2. The highest BCUT2D eigenvalue weighted by Crippen LogP contribution is 2.28. The van der Waals surface area contributed by atoms with Gasteiger partial charge in [0.05, 0.1) is 13.3 Å². The number of halogens is 1. The lowest BCUT2D eigenvalue weighted by molar-refractivity contribution is 0.0955. The molecule has 7 heteroatoms. The molecule has 0 saturated heterocycles. The summed E-state index contributed by atoms with van der Waals surface area (Å²) in [4.78, 5) is 14.3. The van der Waals surface area contributed by atoms with Crippen molar-refractivity contribution >= 4 is 40.4 Å². The third kappa shape index (κ3) is 6.45. The molecule has 0 atom stereocenters. The summed E-state index contributed by atoms with van der Waals surface area (Å²) in [5.41, 5.74) is 5.90. The fourth-order valence-corrected chi connectivity index (χ4v) is 3.14. The first kappa shape index (κ1) is 22.6. The molecule has 3 rings (SSSR count). The number of anilines is 1. The summed E-state index contributed by atoms with van der Waals surface area (Å²) in [5, 5.41) is 4.06. The van der Waals surface area contributed by atoms with Crippen LogP contribution in [0.15, 0.2) is 71.8 Å². The van der Waals surface area contributed by atoms with Crippen molar-refractivity contribution in [3.8, 4) is 11.5 Å². The molecule has 3 aromatic rings. The van der Waals surface area contributed by atoms with E-state index in [4.69, 9.17) is 9.47 Å². The highest BCUT2D eigenvalue weighted by atomic mass is 127. The fraction of sp³-hybridized carbons (Fsp3) is 0.167. The van der Waals surface area contributed by atoms with Crippen LogP contribution >= 0.6 is 22.6 Å². The SMILES string of the molecule is COc1cc(/C=N/NC(=O)c2cccc(N(C)C)c2)ccc1OCc1ccc(I)cc1. The standard InChI is InChI=1S/C24H24IN3O3/c1-28(2)21-6-4-5-19(14-21)24(29)27-26-15-18-9-12-22(23(13-18)30-3)31-16-17-7-10-20(25)11-8-17/h4-15H,16H2,1-3H3,(H,27,29)/b26-15+. The molecule has 31 heavy (non-hydrogen) atoms. The van der Waals surface area contributed by atoms with Gasteiger partial charge in [0, 0.05) is 28.9 Å². The van der Waals surface area contributed by atoms with Crippen LogP contribution in [0.5, 0.6) is 11.5 Å². The van der Waals surface area contributed by atoms with Crippen molar-refractivity contribution in [2.75, 3.05) is 26.1 Å². The van der Waals surface area contributed by atoms with Crippen LogP contribution < -0.4 is 19.8 Å². The van der Waals surface area contributed by atoms with Crippen LogP contribution in [0.3, 0.4) is 0 Å². The predicted octanol–water partition coefficient (Wildman–Crippen LogP) is 4.71. The molecule has 1 amide bonds. The Labute approximate surface area is 196 Å². The zero-order valence-corrected chi connectivity index (χ0v) is 19.8.